The van der Waals surface area contributed by atoms with Crippen LogP contribution in [0.2, 0.25) is 0 Å². The van der Waals surface area contributed by atoms with E-state index in [2.05, 4.69) is 4.90 Å². The van der Waals surface area contributed by atoms with Crippen molar-refractivity contribution >= 4 is 5.97 Å². The highest BCUT2D eigenvalue weighted by molar-refractivity contribution is 5.70. The van der Waals surface area contributed by atoms with E-state index in [9.17, 15) is 9.90 Å². The molecule has 98 valence electrons. The van der Waals surface area contributed by atoms with Crippen LogP contribution in [-0.4, -0.2) is 46.3 Å². The van der Waals surface area contributed by atoms with E-state index >= 15 is 0 Å². The molecular formula is C13H23NO3. The van der Waals surface area contributed by atoms with Gasteiger partial charge in [-0.05, 0) is 18.8 Å². The Labute approximate surface area is 103 Å². The van der Waals surface area contributed by atoms with E-state index in [1.54, 1.807) is 6.92 Å². The molecule has 2 fully saturated rings. The maximum atomic E-state index is 10.9. The lowest BCUT2D eigenvalue weighted by Crippen LogP contribution is -2.58. The van der Waals surface area contributed by atoms with Gasteiger partial charge in [0.2, 0.25) is 0 Å². The zero-order chi connectivity index (χ0) is 12.4. The lowest BCUT2D eigenvalue weighted by molar-refractivity contribution is -0.146. The molecule has 1 aliphatic heterocycles. The monoisotopic (exact) mass is 241 g/mol. The van der Waals surface area contributed by atoms with E-state index in [1.807, 2.05) is 0 Å². The second-order valence-corrected chi connectivity index (χ2v) is 5.61. The number of rotatable bonds is 3. The lowest BCUT2D eigenvalue weighted by Gasteiger charge is -2.47. The molecule has 1 saturated carbocycles. The molecule has 0 spiro atoms. The predicted molar refractivity (Wildman–Crippen MR) is 64.7 cm³/mol. The second kappa shape index (κ2) is 5.36. The number of aliphatic hydroxyl groups is 1. The van der Waals surface area contributed by atoms with Crippen molar-refractivity contribution in [1.29, 1.82) is 0 Å². The molecule has 17 heavy (non-hydrogen) atoms. The van der Waals surface area contributed by atoms with Crippen LogP contribution in [0, 0.1) is 11.8 Å². The van der Waals surface area contributed by atoms with E-state index in [-0.39, 0.29) is 24.0 Å². The quantitative estimate of drug-likeness (QED) is 0.732. The first-order chi connectivity index (χ1) is 8.09. The Morgan fingerprint density at radius 1 is 1.24 bits per heavy atom. The minimum absolute atomic E-state index is 0.210. The van der Waals surface area contributed by atoms with Crippen LogP contribution in [0.5, 0.6) is 0 Å². The Bertz CT molecular complexity index is 276. The van der Waals surface area contributed by atoms with Crippen molar-refractivity contribution in [2.45, 2.75) is 51.2 Å². The second-order valence-electron chi connectivity index (χ2n) is 5.61. The minimum Gasteiger partial charge on any atom is -0.481 e. The number of carboxylic acids is 1. The first kappa shape index (κ1) is 12.8. The maximum Gasteiger partial charge on any atom is 0.306 e. The molecule has 4 heteroatoms. The molecule has 1 aliphatic carbocycles. The van der Waals surface area contributed by atoms with Crippen LogP contribution in [0.25, 0.3) is 0 Å². The van der Waals surface area contributed by atoms with E-state index in [1.165, 1.54) is 12.8 Å². The average Bonchev–Trinajstić information content (AvgIpc) is 2.42. The van der Waals surface area contributed by atoms with E-state index in [0.29, 0.717) is 0 Å². The Balaban J connectivity index is 1.83. The van der Waals surface area contributed by atoms with Crippen LogP contribution in [0.1, 0.15) is 39.0 Å². The number of carbonyl (C=O) groups is 1. The molecule has 2 aliphatic rings. The van der Waals surface area contributed by atoms with Crippen molar-refractivity contribution in [3.05, 3.63) is 0 Å². The molecule has 3 atom stereocenters. The van der Waals surface area contributed by atoms with Crippen LogP contribution in [0.3, 0.4) is 0 Å². The van der Waals surface area contributed by atoms with Crippen LogP contribution in [0.4, 0.5) is 0 Å². The molecular weight excluding hydrogens is 218 g/mol. The van der Waals surface area contributed by atoms with Crippen LogP contribution in [0.15, 0.2) is 0 Å². The normalized spacial score (nSPS) is 33.8. The summed E-state index contributed by atoms with van der Waals surface area (Å²) in [6.07, 6.45) is 5.29. The van der Waals surface area contributed by atoms with Gasteiger partial charge in [0.15, 0.2) is 0 Å². The standard InChI is InChI=1S/C13H23NO3/c1-9(13(16)17)10-7-14(8-10)11-5-3-2-4-6-12(11)15/h9-12,15H,2-8H2,1H3,(H,16,17). The predicted octanol–water partition coefficient (Wildman–Crippen LogP) is 1.33. The molecule has 0 aromatic rings. The first-order valence-electron chi connectivity index (χ1n) is 6.74. The highest BCUT2D eigenvalue weighted by Crippen LogP contribution is 2.31. The average molecular weight is 241 g/mol. The van der Waals surface area contributed by atoms with Crippen molar-refractivity contribution in [3.8, 4) is 0 Å². The summed E-state index contributed by atoms with van der Waals surface area (Å²) in [6, 6.07) is 0.273. The summed E-state index contributed by atoms with van der Waals surface area (Å²) in [7, 11) is 0. The Morgan fingerprint density at radius 3 is 2.53 bits per heavy atom. The number of aliphatic carboxylic acids is 1. The summed E-state index contributed by atoms with van der Waals surface area (Å²) in [5.74, 6) is -0.687. The van der Waals surface area contributed by atoms with Crippen LogP contribution < -0.4 is 0 Å². The van der Waals surface area contributed by atoms with Gasteiger partial charge in [-0.15, -0.1) is 0 Å². The summed E-state index contributed by atoms with van der Waals surface area (Å²) >= 11 is 0. The molecule has 0 amide bonds. The smallest absolute Gasteiger partial charge is 0.306 e. The minimum atomic E-state index is -0.698. The van der Waals surface area contributed by atoms with Gasteiger partial charge in [-0.2, -0.15) is 0 Å². The number of nitrogens with zero attached hydrogens (tertiary/aromatic N) is 1. The fraction of sp³-hybridized carbons (Fsp3) is 0.923. The Kier molecular flexibility index (Phi) is 4.05. The Morgan fingerprint density at radius 2 is 1.88 bits per heavy atom. The summed E-state index contributed by atoms with van der Waals surface area (Å²) < 4.78 is 0. The molecule has 0 aromatic heterocycles. The largest absolute Gasteiger partial charge is 0.481 e. The number of aliphatic hydroxyl groups excluding tert-OH is 1. The molecule has 2 N–H and O–H groups in total. The fourth-order valence-corrected chi connectivity index (χ4v) is 3.03. The van der Waals surface area contributed by atoms with Crippen molar-refractivity contribution in [1.82, 2.24) is 4.90 Å². The molecule has 0 bridgehead atoms. The number of carboxylic acid groups (broad SMARTS) is 1. The SMILES string of the molecule is CC(C(=O)O)C1CN(C2CCCCCC2O)C1. The molecule has 1 heterocycles. The molecule has 0 radical (unpaired) electrons. The highest BCUT2D eigenvalue weighted by atomic mass is 16.4. The van der Waals surface area contributed by atoms with Gasteiger partial charge in [0.1, 0.15) is 0 Å². The topological polar surface area (TPSA) is 60.8 Å². The van der Waals surface area contributed by atoms with Gasteiger partial charge >= 0.3 is 5.97 Å². The van der Waals surface area contributed by atoms with Crippen molar-refractivity contribution in [3.63, 3.8) is 0 Å². The van der Waals surface area contributed by atoms with Gasteiger partial charge in [-0.3, -0.25) is 9.69 Å². The van der Waals surface area contributed by atoms with E-state index in [4.69, 9.17) is 5.11 Å². The number of hydrogen-bond donors (Lipinski definition) is 2. The van der Waals surface area contributed by atoms with Gasteiger partial charge in [0, 0.05) is 19.1 Å². The molecule has 0 aromatic carbocycles. The summed E-state index contributed by atoms with van der Waals surface area (Å²) in [6.45, 7) is 3.47. The van der Waals surface area contributed by atoms with Gasteiger partial charge < -0.3 is 10.2 Å². The third-order valence-electron chi connectivity index (χ3n) is 4.45. The fourth-order valence-electron chi connectivity index (χ4n) is 3.03. The van der Waals surface area contributed by atoms with Gasteiger partial charge in [0.25, 0.3) is 0 Å². The van der Waals surface area contributed by atoms with Gasteiger partial charge in [0.05, 0.1) is 12.0 Å². The summed E-state index contributed by atoms with van der Waals surface area (Å²) in [5, 5.41) is 19.0. The highest BCUT2D eigenvalue weighted by Gasteiger charge is 2.40. The molecule has 3 unspecified atom stereocenters. The maximum absolute atomic E-state index is 10.9. The van der Waals surface area contributed by atoms with Gasteiger partial charge in [-0.1, -0.05) is 26.2 Å². The molecule has 2 rings (SSSR count). The third kappa shape index (κ3) is 2.80. The van der Waals surface area contributed by atoms with Crippen LogP contribution >= 0.6 is 0 Å². The number of likely N-dealkylation sites (tertiary alicyclic amines) is 1. The number of hydrogen-bond acceptors (Lipinski definition) is 3. The summed E-state index contributed by atoms with van der Waals surface area (Å²) in [4.78, 5) is 13.1. The lowest BCUT2D eigenvalue weighted by atomic mass is 9.84. The Hall–Kier alpha value is -0.610. The summed E-state index contributed by atoms with van der Waals surface area (Å²) in [5.41, 5.74) is 0. The van der Waals surface area contributed by atoms with Crippen molar-refractivity contribution in [2.24, 2.45) is 11.8 Å². The molecule has 4 nitrogen and oxygen atoms in total. The van der Waals surface area contributed by atoms with Crippen molar-refractivity contribution < 1.29 is 15.0 Å². The van der Waals surface area contributed by atoms with Gasteiger partial charge in [-0.25, -0.2) is 0 Å². The van der Waals surface area contributed by atoms with E-state index in [0.717, 1.165) is 32.4 Å². The zero-order valence-corrected chi connectivity index (χ0v) is 10.5. The first-order valence-corrected chi connectivity index (χ1v) is 6.74. The van der Waals surface area contributed by atoms with Crippen molar-refractivity contribution in [2.75, 3.05) is 13.1 Å². The third-order valence-corrected chi connectivity index (χ3v) is 4.45. The van der Waals surface area contributed by atoms with E-state index < -0.39 is 5.97 Å². The molecule has 1 saturated heterocycles. The zero-order valence-electron chi connectivity index (χ0n) is 10.5. The van der Waals surface area contributed by atoms with Crippen LogP contribution in [-0.2, 0) is 4.79 Å².